The van der Waals surface area contributed by atoms with Crippen molar-refractivity contribution in [3.05, 3.63) is 65.2 Å². The van der Waals surface area contributed by atoms with Gasteiger partial charge in [-0.3, -0.25) is 4.79 Å². The molecule has 0 bridgehead atoms. The van der Waals surface area contributed by atoms with Gasteiger partial charge in [0.2, 0.25) is 0 Å². The predicted molar refractivity (Wildman–Crippen MR) is 92.0 cm³/mol. The summed E-state index contributed by atoms with van der Waals surface area (Å²) in [5.41, 5.74) is 5.93. The summed E-state index contributed by atoms with van der Waals surface area (Å²) in [5.74, 6) is 0.549. The number of carbonyl (C=O) groups excluding carboxylic acids is 1. The quantitative estimate of drug-likeness (QED) is 0.503. The monoisotopic (exact) mass is 360 g/mol. The molecule has 0 unspecified atom stereocenters. The molecule has 5 heteroatoms. The molecule has 0 heterocycles. The number of aryl methyl sites for hydroxylation is 1. The molecule has 114 valence electrons. The van der Waals surface area contributed by atoms with Crippen molar-refractivity contribution in [3.63, 3.8) is 0 Å². The van der Waals surface area contributed by atoms with Gasteiger partial charge in [-0.25, -0.2) is 5.43 Å². The lowest BCUT2D eigenvalue weighted by atomic mass is 10.1. The van der Waals surface area contributed by atoms with Gasteiger partial charge in [-0.15, -0.1) is 0 Å². The van der Waals surface area contributed by atoms with Gasteiger partial charge < -0.3 is 4.74 Å². The minimum Gasteiger partial charge on any atom is -0.497 e. The van der Waals surface area contributed by atoms with Crippen molar-refractivity contribution in [3.8, 4) is 5.75 Å². The average Bonchev–Trinajstić information content (AvgIpc) is 2.56. The molecule has 0 aliphatic carbocycles. The number of ether oxygens (including phenoxy) is 1. The topological polar surface area (TPSA) is 50.7 Å². The lowest BCUT2D eigenvalue weighted by molar-refractivity contribution is 0.0955. The Kier molecular flexibility index (Phi) is 5.72. The van der Waals surface area contributed by atoms with Crippen molar-refractivity contribution >= 4 is 27.5 Å². The fourth-order valence-electron chi connectivity index (χ4n) is 1.84. The Balaban J connectivity index is 2.11. The highest BCUT2D eigenvalue weighted by molar-refractivity contribution is 9.09. The van der Waals surface area contributed by atoms with E-state index in [0.717, 1.165) is 22.6 Å². The van der Waals surface area contributed by atoms with E-state index in [1.54, 1.807) is 19.2 Å². The zero-order valence-corrected chi connectivity index (χ0v) is 14.1. The summed E-state index contributed by atoms with van der Waals surface area (Å²) in [7, 11) is 1.62. The van der Waals surface area contributed by atoms with E-state index >= 15 is 0 Å². The van der Waals surface area contributed by atoms with Gasteiger partial charge in [-0.05, 0) is 48.9 Å². The van der Waals surface area contributed by atoms with E-state index in [9.17, 15) is 4.79 Å². The summed E-state index contributed by atoms with van der Waals surface area (Å²) in [6, 6.07) is 14.9. The Labute approximate surface area is 138 Å². The fourth-order valence-corrected chi connectivity index (χ4v) is 2.29. The maximum atomic E-state index is 12.1. The number of hydrogen-bond acceptors (Lipinski definition) is 3. The third-order valence-corrected chi connectivity index (χ3v) is 3.69. The van der Waals surface area contributed by atoms with Crippen LogP contribution in [0, 0.1) is 6.92 Å². The number of alkyl halides is 1. The number of hydrogen-bond donors (Lipinski definition) is 1. The molecule has 22 heavy (non-hydrogen) atoms. The van der Waals surface area contributed by atoms with Crippen LogP contribution in [0.3, 0.4) is 0 Å². The predicted octanol–water partition coefficient (Wildman–Crippen LogP) is 3.53. The average molecular weight is 361 g/mol. The van der Waals surface area contributed by atoms with Crippen LogP contribution in [0.15, 0.2) is 53.6 Å². The third-order valence-electron chi connectivity index (χ3n) is 3.16. The zero-order valence-electron chi connectivity index (χ0n) is 12.5. The van der Waals surface area contributed by atoms with Crippen LogP contribution in [0.1, 0.15) is 21.5 Å². The molecule has 0 atom stereocenters. The number of nitrogens with zero attached hydrogens (tertiary/aromatic N) is 1. The second-order valence-electron chi connectivity index (χ2n) is 4.73. The van der Waals surface area contributed by atoms with Gasteiger partial charge >= 0.3 is 0 Å². The van der Waals surface area contributed by atoms with Crippen molar-refractivity contribution in [2.45, 2.75) is 6.92 Å². The van der Waals surface area contributed by atoms with Crippen molar-refractivity contribution in [2.75, 3.05) is 12.4 Å². The molecule has 2 aromatic rings. The Morgan fingerprint density at radius 3 is 2.23 bits per heavy atom. The summed E-state index contributed by atoms with van der Waals surface area (Å²) < 4.78 is 5.13. The highest BCUT2D eigenvalue weighted by Gasteiger charge is 2.06. The molecule has 4 nitrogen and oxygen atoms in total. The van der Waals surface area contributed by atoms with Gasteiger partial charge in [0.05, 0.1) is 12.8 Å². The Morgan fingerprint density at radius 1 is 1.09 bits per heavy atom. The van der Waals surface area contributed by atoms with Crippen molar-refractivity contribution in [1.82, 2.24) is 5.43 Å². The van der Waals surface area contributed by atoms with Gasteiger partial charge in [0, 0.05) is 10.9 Å². The molecule has 1 amide bonds. The lowest BCUT2D eigenvalue weighted by Gasteiger charge is -2.06. The first-order chi connectivity index (χ1) is 10.6. The van der Waals surface area contributed by atoms with E-state index < -0.39 is 0 Å². The third kappa shape index (κ3) is 4.18. The second-order valence-corrected chi connectivity index (χ2v) is 5.29. The molecule has 2 rings (SSSR count). The number of halogens is 1. The number of hydrazone groups is 1. The number of rotatable bonds is 5. The number of amides is 1. The highest BCUT2D eigenvalue weighted by atomic mass is 79.9. The molecule has 0 spiro atoms. The number of carbonyl (C=O) groups is 1. The van der Waals surface area contributed by atoms with Crippen molar-refractivity contribution < 1.29 is 9.53 Å². The molecule has 0 aliphatic rings. The molecule has 0 saturated carbocycles. The Morgan fingerprint density at radius 2 is 1.68 bits per heavy atom. The molecule has 0 aromatic heterocycles. The SMILES string of the molecule is COc1ccc(/C(CBr)=N/NC(=O)c2ccc(C)cc2)cc1. The lowest BCUT2D eigenvalue weighted by Crippen LogP contribution is -2.20. The van der Waals surface area contributed by atoms with Crippen LogP contribution >= 0.6 is 15.9 Å². The van der Waals surface area contributed by atoms with Crippen molar-refractivity contribution in [2.24, 2.45) is 5.10 Å². The van der Waals surface area contributed by atoms with Crippen LogP contribution in [-0.4, -0.2) is 24.1 Å². The summed E-state index contributed by atoms with van der Waals surface area (Å²) in [5, 5.41) is 4.73. The molecule has 2 aromatic carbocycles. The van der Waals surface area contributed by atoms with Crippen molar-refractivity contribution in [1.29, 1.82) is 0 Å². The van der Waals surface area contributed by atoms with Gasteiger partial charge in [-0.1, -0.05) is 33.6 Å². The van der Waals surface area contributed by atoms with Gasteiger partial charge in [0.15, 0.2) is 0 Å². The minimum atomic E-state index is -0.230. The molecule has 0 saturated heterocycles. The first kappa shape index (κ1) is 16.2. The molecule has 0 fully saturated rings. The minimum absolute atomic E-state index is 0.230. The Hall–Kier alpha value is -2.14. The zero-order chi connectivity index (χ0) is 15.9. The van der Waals surface area contributed by atoms with Gasteiger partial charge in [0.1, 0.15) is 5.75 Å². The molecular weight excluding hydrogens is 344 g/mol. The van der Waals surface area contributed by atoms with Crippen LogP contribution in [0.5, 0.6) is 5.75 Å². The molecule has 0 radical (unpaired) electrons. The highest BCUT2D eigenvalue weighted by Crippen LogP contribution is 2.13. The van der Waals surface area contributed by atoms with Crippen LogP contribution in [0.4, 0.5) is 0 Å². The normalized spacial score (nSPS) is 11.1. The van der Waals surface area contributed by atoms with Crippen LogP contribution in [0.2, 0.25) is 0 Å². The standard InChI is InChI=1S/C17H17BrN2O2/c1-12-3-5-14(6-4-12)17(21)20-19-16(11-18)13-7-9-15(22-2)10-8-13/h3-10H,11H2,1-2H3,(H,20,21)/b19-16+. The smallest absolute Gasteiger partial charge is 0.271 e. The van der Waals surface area contributed by atoms with Crippen LogP contribution in [-0.2, 0) is 0 Å². The van der Waals surface area contributed by atoms with Crippen LogP contribution in [0.25, 0.3) is 0 Å². The van der Waals surface area contributed by atoms with E-state index in [1.807, 2.05) is 43.3 Å². The van der Waals surface area contributed by atoms with E-state index in [2.05, 4.69) is 26.5 Å². The summed E-state index contributed by atoms with van der Waals surface area (Å²) >= 11 is 3.39. The van der Waals surface area contributed by atoms with Gasteiger partial charge in [0.25, 0.3) is 5.91 Å². The first-order valence-corrected chi connectivity index (χ1v) is 7.90. The van der Waals surface area contributed by atoms with Crippen LogP contribution < -0.4 is 10.2 Å². The van der Waals surface area contributed by atoms with E-state index in [0.29, 0.717) is 10.9 Å². The van der Waals surface area contributed by atoms with E-state index in [4.69, 9.17) is 4.74 Å². The molecule has 1 N–H and O–H groups in total. The Bertz CT molecular complexity index is 664. The maximum Gasteiger partial charge on any atom is 0.271 e. The largest absolute Gasteiger partial charge is 0.497 e. The number of methoxy groups -OCH3 is 1. The summed E-state index contributed by atoms with van der Waals surface area (Å²) in [4.78, 5) is 12.1. The molecule has 0 aliphatic heterocycles. The van der Waals surface area contributed by atoms with E-state index in [1.165, 1.54) is 0 Å². The van der Waals surface area contributed by atoms with E-state index in [-0.39, 0.29) is 5.91 Å². The number of nitrogens with one attached hydrogen (secondary N) is 1. The fraction of sp³-hybridized carbons (Fsp3) is 0.176. The second kappa shape index (κ2) is 7.75. The number of benzene rings is 2. The summed E-state index contributed by atoms with van der Waals surface area (Å²) in [6.07, 6.45) is 0. The maximum absolute atomic E-state index is 12.1. The summed E-state index contributed by atoms with van der Waals surface area (Å²) in [6.45, 7) is 1.98. The van der Waals surface area contributed by atoms with Gasteiger partial charge in [-0.2, -0.15) is 5.10 Å². The first-order valence-electron chi connectivity index (χ1n) is 6.78. The molecular formula is C17H17BrN2O2.